The molecule has 1 amide bonds. The van der Waals surface area contributed by atoms with E-state index in [-0.39, 0.29) is 11.6 Å². The van der Waals surface area contributed by atoms with Crippen LogP contribution in [0.5, 0.6) is 0 Å². The van der Waals surface area contributed by atoms with Crippen LogP contribution < -0.4 is 0 Å². The number of nitro benzene ring substituents is 1. The van der Waals surface area contributed by atoms with Gasteiger partial charge < -0.3 is 4.90 Å². The topological polar surface area (TPSA) is 108 Å². The molecular formula is C16H20N6O3. The van der Waals surface area contributed by atoms with Gasteiger partial charge in [0, 0.05) is 50.3 Å². The summed E-state index contributed by atoms with van der Waals surface area (Å²) in [4.78, 5) is 31.2. The van der Waals surface area contributed by atoms with Crippen LogP contribution in [0.25, 0.3) is 0 Å². The molecule has 0 radical (unpaired) electrons. The van der Waals surface area contributed by atoms with Crippen molar-refractivity contribution in [2.24, 2.45) is 0 Å². The number of nitro groups is 1. The SMILES string of the molecule is CCc1n[nH]c(CN2CCN(C(=O)c3cccc([N+](=O)[O-])c3)CC2)n1. The van der Waals surface area contributed by atoms with Gasteiger partial charge in [0.15, 0.2) is 0 Å². The number of aromatic amines is 1. The molecule has 1 aromatic heterocycles. The highest BCUT2D eigenvalue weighted by atomic mass is 16.6. The molecule has 1 N–H and O–H groups in total. The number of hydrogen-bond donors (Lipinski definition) is 1. The molecule has 0 bridgehead atoms. The summed E-state index contributed by atoms with van der Waals surface area (Å²) >= 11 is 0. The summed E-state index contributed by atoms with van der Waals surface area (Å²) in [5, 5.41) is 17.9. The van der Waals surface area contributed by atoms with Crippen molar-refractivity contribution in [2.75, 3.05) is 26.2 Å². The number of amides is 1. The number of carbonyl (C=O) groups is 1. The lowest BCUT2D eigenvalue weighted by Crippen LogP contribution is -2.48. The average Bonchev–Trinajstić information content (AvgIpc) is 3.09. The maximum absolute atomic E-state index is 12.5. The van der Waals surface area contributed by atoms with Crippen molar-refractivity contribution >= 4 is 11.6 Å². The molecule has 1 aliphatic rings. The number of piperazine rings is 1. The lowest BCUT2D eigenvalue weighted by Gasteiger charge is -2.34. The number of nitrogens with zero attached hydrogens (tertiary/aromatic N) is 5. The fraction of sp³-hybridized carbons (Fsp3) is 0.438. The zero-order valence-electron chi connectivity index (χ0n) is 14.0. The molecule has 2 aromatic rings. The smallest absolute Gasteiger partial charge is 0.270 e. The summed E-state index contributed by atoms with van der Waals surface area (Å²) in [7, 11) is 0. The Morgan fingerprint density at radius 1 is 1.32 bits per heavy atom. The van der Waals surface area contributed by atoms with Crippen LogP contribution in [0.3, 0.4) is 0 Å². The second-order valence-corrected chi connectivity index (χ2v) is 5.93. The fourth-order valence-electron chi connectivity index (χ4n) is 2.82. The Labute approximate surface area is 144 Å². The second kappa shape index (κ2) is 7.39. The van der Waals surface area contributed by atoms with Crippen LogP contribution in [0.15, 0.2) is 24.3 Å². The van der Waals surface area contributed by atoms with Gasteiger partial charge in [0.2, 0.25) is 0 Å². The number of non-ortho nitro benzene ring substituents is 1. The summed E-state index contributed by atoms with van der Waals surface area (Å²) in [6.45, 7) is 5.29. The minimum absolute atomic E-state index is 0.0680. The molecule has 9 heteroatoms. The molecule has 132 valence electrons. The van der Waals surface area contributed by atoms with E-state index in [4.69, 9.17) is 0 Å². The molecule has 0 aliphatic carbocycles. The summed E-state index contributed by atoms with van der Waals surface area (Å²) in [5.41, 5.74) is 0.284. The molecule has 1 fully saturated rings. The quantitative estimate of drug-likeness (QED) is 0.645. The summed E-state index contributed by atoms with van der Waals surface area (Å²) in [5.74, 6) is 1.46. The number of hydrogen-bond acceptors (Lipinski definition) is 6. The number of carbonyl (C=O) groups excluding carboxylic acids is 1. The largest absolute Gasteiger partial charge is 0.336 e. The molecule has 1 saturated heterocycles. The zero-order valence-corrected chi connectivity index (χ0v) is 14.0. The van der Waals surface area contributed by atoms with Crippen LogP contribution in [0.1, 0.15) is 28.9 Å². The van der Waals surface area contributed by atoms with E-state index in [2.05, 4.69) is 20.1 Å². The van der Waals surface area contributed by atoms with Crippen LogP contribution in [0.2, 0.25) is 0 Å². The molecule has 1 aliphatic heterocycles. The van der Waals surface area contributed by atoms with Gasteiger partial charge in [-0.1, -0.05) is 13.0 Å². The third kappa shape index (κ3) is 4.00. The van der Waals surface area contributed by atoms with Gasteiger partial charge in [0.1, 0.15) is 11.6 Å². The Kier molecular flexibility index (Phi) is 5.03. The molecule has 3 rings (SSSR count). The molecule has 25 heavy (non-hydrogen) atoms. The van der Waals surface area contributed by atoms with E-state index in [1.54, 1.807) is 11.0 Å². The van der Waals surface area contributed by atoms with Gasteiger partial charge in [-0.15, -0.1) is 0 Å². The van der Waals surface area contributed by atoms with Crippen molar-refractivity contribution < 1.29 is 9.72 Å². The van der Waals surface area contributed by atoms with E-state index >= 15 is 0 Å². The lowest BCUT2D eigenvalue weighted by atomic mass is 10.1. The molecule has 0 atom stereocenters. The Hall–Kier alpha value is -2.81. The van der Waals surface area contributed by atoms with E-state index < -0.39 is 4.92 Å². The van der Waals surface area contributed by atoms with Crippen LogP contribution in [0.4, 0.5) is 5.69 Å². The molecule has 1 aromatic carbocycles. The van der Waals surface area contributed by atoms with Crippen molar-refractivity contribution in [3.8, 4) is 0 Å². The molecule has 9 nitrogen and oxygen atoms in total. The van der Waals surface area contributed by atoms with E-state index in [1.807, 2.05) is 6.92 Å². The molecule has 0 spiro atoms. The first-order chi connectivity index (χ1) is 12.1. The maximum Gasteiger partial charge on any atom is 0.270 e. The molecule has 2 heterocycles. The van der Waals surface area contributed by atoms with Crippen LogP contribution >= 0.6 is 0 Å². The third-order valence-electron chi connectivity index (χ3n) is 4.23. The predicted octanol–water partition coefficient (Wildman–Crippen LogP) is 1.23. The van der Waals surface area contributed by atoms with Crippen molar-refractivity contribution in [1.29, 1.82) is 0 Å². The first-order valence-electron chi connectivity index (χ1n) is 8.23. The Balaban J connectivity index is 1.57. The number of aromatic nitrogens is 3. The first kappa shape index (κ1) is 17.0. The van der Waals surface area contributed by atoms with Gasteiger partial charge in [-0.25, -0.2) is 4.98 Å². The van der Waals surface area contributed by atoms with E-state index in [1.165, 1.54) is 18.2 Å². The molecule has 0 saturated carbocycles. The highest BCUT2D eigenvalue weighted by molar-refractivity contribution is 5.94. The summed E-state index contributed by atoms with van der Waals surface area (Å²) in [6, 6.07) is 5.87. The average molecular weight is 344 g/mol. The van der Waals surface area contributed by atoms with E-state index in [0.29, 0.717) is 25.2 Å². The van der Waals surface area contributed by atoms with E-state index in [0.717, 1.165) is 31.2 Å². The minimum Gasteiger partial charge on any atom is -0.336 e. The summed E-state index contributed by atoms with van der Waals surface area (Å²) in [6.07, 6.45) is 0.794. The predicted molar refractivity (Wildman–Crippen MR) is 90.0 cm³/mol. The van der Waals surface area contributed by atoms with Crippen LogP contribution in [-0.2, 0) is 13.0 Å². The molecule has 0 unspecified atom stereocenters. The highest BCUT2D eigenvalue weighted by Gasteiger charge is 2.23. The van der Waals surface area contributed by atoms with E-state index in [9.17, 15) is 14.9 Å². The van der Waals surface area contributed by atoms with Gasteiger partial charge in [-0.05, 0) is 6.07 Å². The van der Waals surface area contributed by atoms with Crippen molar-refractivity contribution in [3.63, 3.8) is 0 Å². The number of rotatable bonds is 5. The normalized spacial score (nSPS) is 15.3. The van der Waals surface area contributed by atoms with Gasteiger partial charge >= 0.3 is 0 Å². The second-order valence-electron chi connectivity index (χ2n) is 5.93. The first-order valence-corrected chi connectivity index (χ1v) is 8.23. The van der Waals surface area contributed by atoms with Gasteiger partial charge in [-0.3, -0.25) is 24.9 Å². The van der Waals surface area contributed by atoms with Gasteiger partial charge in [0.25, 0.3) is 11.6 Å². The Bertz CT molecular complexity index is 767. The number of aryl methyl sites for hydroxylation is 1. The molecular weight excluding hydrogens is 324 g/mol. The minimum atomic E-state index is -0.489. The van der Waals surface area contributed by atoms with Crippen LogP contribution in [-0.4, -0.2) is 62.0 Å². The van der Waals surface area contributed by atoms with Gasteiger partial charge in [-0.2, -0.15) is 5.10 Å². The Morgan fingerprint density at radius 2 is 2.08 bits per heavy atom. The maximum atomic E-state index is 12.5. The fourth-order valence-corrected chi connectivity index (χ4v) is 2.82. The van der Waals surface area contributed by atoms with Crippen LogP contribution in [0, 0.1) is 10.1 Å². The highest BCUT2D eigenvalue weighted by Crippen LogP contribution is 2.16. The number of benzene rings is 1. The van der Waals surface area contributed by atoms with Crippen molar-refractivity contribution in [1.82, 2.24) is 25.0 Å². The standard InChI is InChI=1S/C16H20N6O3/c1-2-14-17-15(19-18-14)11-20-6-8-21(9-7-20)16(23)12-4-3-5-13(10-12)22(24)25/h3-5,10H,2,6-9,11H2,1H3,(H,17,18,19). The number of H-pyrrole nitrogens is 1. The Morgan fingerprint density at radius 3 is 2.72 bits per heavy atom. The van der Waals surface area contributed by atoms with Crippen molar-refractivity contribution in [3.05, 3.63) is 51.6 Å². The monoisotopic (exact) mass is 344 g/mol. The number of nitrogens with one attached hydrogen (secondary N) is 1. The third-order valence-corrected chi connectivity index (χ3v) is 4.23. The lowest BCUT2D eigenvalue weighted by molar-refractivity contribution is -0.384. The summed E-state index contributed by atoms with van der Waals surface area (Å²) < 4.78 is 0. The zero-order chi connectivity index (χ0) is 17.8. The van der Waals surface area contributed by atoms with Gasteiger partial charge in [0.05, 0.1) is 11.5 Å². The van der Waals surface area contributed by atoms with Crippen molar-refractivity contribution in [2.45, 2.75) is 19.9 Å².